The van der Waals surface area contributed by atoms with Crippen LogP contribution in [0.3, 0.4) is 0 Å². The predicted molar refractivity (Wildman–Crippen MR) is 117 cm³/mol. The molecule has 0 bridgehead atoms. The highest BCUT2D eigenvalue weighted by Gasteiger charge is 2.18. The van der Waals surface area contributed by atoms with Crippen LogP contribution in [0.5, 0.6) is 0 Å². The largest absolute Gasteiger partial charge is 0.348 e. The normalized spacial score (nSPS) is 11.5. The van der Waals surface area contributed by atoms with Gasteiger partial charge in [0.05, 0.1) is 22.8 Å². The van der Waals surface area contributed by atoms with Gasteiger partial charge in [0.15, 0.2) is 5.65 Å². The average Bonchev–Trinajstić information content (AvgIpc) is 3.41. The minimum absolute atomic E-state index is 0.120. The van der Waals surface area contributed by atoms with Gasteiger partial charge in [-0.25, -0.2) is 9.67 Å². The molecule has 30 heavy (non-hydrogen) atoms. The lowest BCUT2D eigenvalue weighted by Gasteiger charge is -2.12. The Morgan fingerprint density at radius 2 is 1.90 bits per heavy atom. The minimum atomic E-state index is -0.120. The van der Waals surface area contributed by atoms with E-state index in [2.05, 4.69) is 48.3 Å². The summed E-state index contributed by atoms with van der Waals surface area (Å²) in [4.78, 5) is 17.8. The Bertz CT molecular complexity index is 1160. The molecule has 0 saturated heterocycles. The number of rotatable bonds is 6. The number of aromatic nitrogens is 5. The zero-order valence-corrected chi connectivity index (χ0v) is 17.7. The van der Waals surface area contributed by atoms with E-state index in [1.165, 1.54) is 0 Å². The molecule has 2 N–H and O–H groups in total. The Labute approximate surface area is 175 Å². The molecule has 0 aliphatic rings. The molecule has 0 atom stereocenters. The Balaban J connectivity index is 1.57. The maximum Gasteiger partial charge on any atom is 0.252 e. The first-order valence-corrected chi connectivity index (χ1v) is 10.2. The predicted octanol–water partition coefficient (Wildman–Crippen LogP) is 4.46. The quantitative estimate of drug-likeness (QED) is 0.498. The van der Waals surface area contributed by atoms with Crippen molar-refractivity contribution in [3.63, 3.8) is 0 Å². The van der Waals surface area contributed by atoms with Crippen molar-refractivity contribution in [2.45, 2.75) is 46.2 Å². The summed E-state index contributed by atoms with van der Waals surface area (Å²) >= 11 is 0. The first kappa shape index (κ1) is 19.8. The van der Waals surface area contributed by atoms with Crippen LogP contribution in [0.4, 0.5) is 0 Å². The number of hydrogen-bond donors (Lipinski definition) is 2. The third-order valence-electron chi connectivity index (χ3n) is 5.13. The lowest BCUT2D eigenvalue weighted by molar-refractivity contribution is 0.0952. The molecule has 0 fully saturated rings. The van der Waals surface area contributed by atoms with Gasteiger partial charge in [-0.1, -0.05) is 38.1 Å². The summed E-state index contributed by atoms with van der Waals surface area (Å²) in [5.74, 6) is 0.0942. The highest BCUT2D eigenvalue weighted by Crippen LogP contribution is 2.24. The number of nitrogens with one attached hydrogen (secondary N) is 2. The number of carbonyl (C=O) groups excluding carboxylic acids is 1. The maximum atomic E-state index is 13.1. The van der Waals surface area contributed by atoms with E-state index >= 15 is 0 Å². The molecule has 0 aliphatic carbocycles. The topological polar surface area (TPSA) is 88.5 Å². The Morgan fingerprint density at radius 3 is 2.53 bits per heavy atom. The molecular weight excluding hydrogens is 376 g/mol. The monoisotopic (exact) mass is 402 g/mol. The molecule has 0 radical (unpaired) electrons. The molecule has 154 valence electrons. The van der Waals surface area contributed by atoms with Crippen LogP contribution in [0.2, 0.25) is 0 Å². The molecule has 3 heterocycles. The van der Waals surface area contributed by atoms with Gasteiger partial charge in [0, 0.05) is 24.5 Å². The Hall–Kier alpha value is -3.48. The summed E-state index contributed by atoms with van der Waals surface area (Å²) in [6, 6.07) is 12.0. The number of aromatic amines is 1. The van der Waals surface area contributed by atoms with E-state index in [4.69, 9.17) is 4.98 Å². The van der Waals surface area contributed by atoms with Crippen molar-refractivity contribution in [2.24, 2.45) is 0 Å². The van der Waals surface area contributed by atoms with Crippen molar-refractivity contribution in [1.29, 1.82) is 0 Å². The number of carbonyl (C=O) groups is 1. The van der Waals surface area contributed by atoms with Crippen molar-refractivity contribution >= 4 is 16.9 Å². The van der Waals surface area contributed by atoms with E-state index in [0.717, 1.165) is 33.5 Å². The first-order chi connectivity index (χ1) is 14.4. The van der Waals surface area contributed by atoms with Crippen LogP contribution in [0.25, 0.3) is 22.3 Å². The summed E-state index contributed by atoms with van der Waals surface area (Å²) in [6.07, 6.45) is 3.46. The molecule has 0 aliphatic heterocycles. The number of H-pyrrole nitrogens is 1. The number of fused-ring (bicyclic) bond motifs is 1. The molecule has 0 spiro atoms. The number of hydrogen-bond acceptors (Lipinski definition) is 4. The van der Waals surface area contributed by atoms with Gasteiger partial charge >= 0.3 is 0 Å². The second kappa shape index (κ2) is 8.10. The Morgan fingerprint density at radius 1 is 1.13 bits per heavy atom. The van der Waals surface area contributed by atoms with Gasteiger partial charge in [-0.05, 0) is 43.0 Å². The van der Waals surface area contributed by atoms with Gasteiger partial charge in [0.25, 0.3) is 5.91 Å². The molecule has 1 aromatic carbocycles. The average molecular weight is 403 g/mol. The molecule has 4 aromatic rings. The van der Waals surface area contributed by atoms with Crippen molar-refractivity contribution < 1.29 is 4.79 Å². The van der Waals surface area contributed by atoms with Crippen molar-refractivity contribution in [3.8, 4) is 11.3 Å². The van der Waals surface area contributed by atoms with E-state index in [1.807, 2.05) is 41.1 Å². The number of amides is 1. The smallest absolute Gasteiger partial charge is 0.252 e. The van der Waals surface area contributed by atoms with Gasteiger partial charge in [0.1, 0.15) is 0 Å². The lowest BCUT2D eigenvalue weighted by atomic mass is 10.0. The lowest BCUT2D eigenvalue weighted by Crippen LogP contribution is -2.23. The highest BCUT2D eigenvalue weighted by molar-refractivity contribution is 6.05. The van der Waals surface area contributed by atoms with E-state index < -0.39 is 0 Å². The minimum Gasteiger partial charge on any atom is -0.348 e. The third kappa shape index (κ3) is 3.83. The summed E-state index contributed by atoms with van der Waals surface area (Å²) in [7, 11) is 0. The molecular formula is C23H26N6O. The van der Waals surface area contributed by atoms with E-state index in [-0.39, 0.29) is 17.9 Å². The standard InChI is InChI=1S/C23H26N6O/c1-14(2)21-11-18(19-13-26-29(15(3)4)22(19)27-21)23(30)24-12-16-5-7-17(8-6-16)20-9-10-25-28-20/h5-11,13-15H,12H2,1-4H3,(H,24,30)(H,25,28). The number of pyridine rings is 1. The van der Waals surface area contributed by atoms with Gasteiger partial charge in [-0.2, -0.15) is 10.2 Å². The fraction of sp³-hybridized carbons (Fsp3) is 0.304. The molecule has 3 aromatic heterocycles. The van der Waals surface area contributed by atoms with Crippen LogP contribution >= 0.6 is 0 Å². The van der Waals surface area contributed by atoms with Crippen LogP contribution in [-0.4, -0.2) is 30.9 Å². The van der Waals surface area contributed by atoms with Crippen LogP contribution in [0.1, 0.15) is 61.3 Å². The van der Waals surface area contributed by atoms with Crippen LogP contribution < -0.4 is 5.32 Å². The summed E-state index contributed by atoms with van der Waals surface area (Å²) in [5.41, 5.74) is 5.31. The Kier molecular flexibility index (Phi) is 5.35. The van der Waals surface area contributed by atoms with Crippen molar-refractivity contribution in [3.05, 3.63) is 65.6 Å². The van der Waals surface area contributed by atoms with Crippen molar-refractivity contribution in [1.82, 2.24) is 30.3 Å². The van der Waals surface area contributed by atoms with Crippen LogP contribution in [-0.2, 0) is 6.54 Å². The van der Waals surface area contributed by atoms with E-state index in [9.17, 15) is 4.79 Å². The maximum absolute atomic E-state index is 13.1. The SMILES string of the molecule is CC(C)c1cc(C(=O)NCc2ccc(-c3ccn[nH]3)cc2)c2cnn(C(C)C)c2n1. The second-order valence-electron chi connectivity index (χ2n) is 8.02. The molecule has 4 rings (SSSR count). The van der Waals surface area contributed by atoms with Crippen molar-refractivity contribution in [2.75, 3.05) is 0 Å². The first-order valence-electron chi connectivity index (χ1n) is 10.2. The fourth-order valence-electron chi connectivity index (χ4n) is 3.40. The van der Waals surface area contributed by atoms with E-state index in [0.29, 0.717) is 12.1 Å². The highest BCUT2D eigenvalue weighted by atomic mass is 16.1. The summed E-state index contributed by atoms with van der Waals surface area (Å²) in [6.45, 7) is 8.72. The van der Waals surface area contributed by atoms with Gasteiger partial charge in [-0.15, -0.1) is 0 Å². The van der Waals surface area contributed by atoms with Gasteiger partial charge < -0.3 is 5.32 Å². The van der Waals surface area contributed by atoms with Crippen LogP contribution in [0.15, 0.2) is 48.8 Å². The molecule has 0 saturated carbocycles. The summed E-state index contributed by atoms with van der Waals surface area (Å²) in [5, 5.41) is 15.2. The molecule has 7 heteroatoms. The van der Waals surface area contributed by atoms with Crippen LogP contribution in [0, 0.1) is 0 Å². The van der Waals surface area contributed by atoms with E-state index in [1.54, 1.807) is 12.4 Å². The second-order valence-corrected chi connectivity index (χ2v) is 8.02. The summed E-state index contributed by atoms with van der Waals surface area (Å²) < 4.78 is 1.87. The zero-order chi connectivity index (χ0) is 21.3. The number of nitrogens with zero attached hydrogens (tertiary/aromatic N) is 4. The molecule has 1 amide bonds. The molecule has 7 nitrogen and oxygen atoms in total. The fourth-order valence-corrected chi connectivity index (χ4v) is 3.40. The number of benzene rings is 1. The van der Waals surface area contributed by atoms with Gasteiger partial charge in [0.2, 0.25) is 0 Å². The van der Waals surface area contributed by atoms with Gasteiger partial charge in [-0.3, -0.25) is 9.89 Å². The zero-order valence-electron chi connectivity index (χ0n) is 17.7. The third-order valence-corrected chi connectivity index (χ3v) is 5.13. The molecule has 0 unspecified atom stereocenters.